The van der Waals surface area contributed by atoms with Crippen molar-refractivity contribution >= 4 is 29.2 Å². The Bertz CT molecular complexity index is 941. The number of rotatable bonds is 9. The van der Waals surface area contributed by atoms with E-state index in [1.165, 1.54) is 0 Å². The first-order valence-corrected chi connectivity index (χ1v) is 12.7. The number of fused-ring (bicyclic) bond motifs is 1. The monoisotopic (exact) mass is 484 g/mol. The average molecular weight is 485 g/mol. The molecule has 2 unspecified atom stereocenters. The van der Waals surface area contributed by atoms with Gasteiger partial charge in [-0.1, -0.05) is 27.7 Å². The van der Waals surface area contributed by atoms with Crippen LogP contribution in [0.1, 0.15) is 63.7 Å². The van der Waals surface area contributed by atoms with Crippen LogP contribution in [0.15, 0.2) is 24.3 Å². The van der Waals surface area contributed by atoms with E-state index in [0.717, 1.165) is 12.1 Å². The first-order chi connectivity index (χ1) is 16.5. The van der Waals surface area contributed by atoms with Gasteiger partial charge in [0.1, 0.15) is 12.1 Å². The molecule has 8 nitrogen and oxygen atoms in total. The standard InChI is InChI=1S/C27H40N4O4/c1-17(2)7-12-24(33)31-16-23(32)25-22(31)13-14-30(25)27(35)21(15-18(3)4)28-26(34)19-8-10-20(11-9-19)29(5)6/h8-11,17-18,21-22,25H,7,12-16H2,1-6H3,(H,28,34)/t21?,22?,25-/m0/s1. The second-order valence-corrected chi connectivity index (χ2v) is 10.8. The number of carbonyl (C=O) groups excluding carboxylic acids is 4. The van der Waals surface area contributed by atoms with Crippen molar-refractivity contribution in [1.82, 2.24) is 15.1 Å². The average Bonchev–Trinajstić information content (AvgIpc) is 3.37. The molecule has 8 heteroatoms. The highest BCUT2D eigenvalue weighted by atomic mass is 16.2. The Morgan fingerprint density at radius 3 is 2.26 bits per heavy atom. The molecule has 1 N–H and O–H groups in total. The number of anilines is 1. The van der Waals surface area contributed by atoms with Crippen LogP contribution in [0.3, 0.4) is 0 Å². The molecule has 2 aliphatic heterocycles. The van der Waals surface area contributed by atoms with Crippen LogP contribution in [0.4, 0.5) is 5.69 Å². The maximum Gasteiger partial charge on any atom is 0.251 e. The van der Waals surface area contributed by atoms with E-state index in [0.29, 0.717) is 37.3 Å². The van der Waals surface area contributed by atoms with Gasteiger partial charge < -0.3 is 20.0 Å². The van der Waals surface area contributed by atoms with E-state index in [-0.39, 0.29) is 42.0 Å². The first kappa shape index (κ1) is 26.7. The van der Waals surface area contributed by atoms with Crippen LogP contribution in [-0.4, -0.2) is 78.6 Å². The normalized spacial score (nSPS) is 20.4. The Morgan fingerprint density at radius 2 is 1.69 bits per heavy atom. The molecule has 192 valence electrons. The number of likely N-dealkylation sites (tertiary alicyclic amines) is 2. The molecule has 0 saturated carbocycles. The Morgan fingerprint density at radius 1 is 1.03 bits per heavy atom. The minimum atomic E-state index is -0.728. The summed E-state index contributed by atoms with van der Waals surface area (Å²) in [5.41, 5.74) is 1.46. The lowest BCUT2D eigenvalue weighted by Crippen LogP contribution is -2.53. The van der Waals surface area contributed by atoms with E-state index >= 15 is 0 Å². The van der Waals surface area contributed by atoms with Gasteiger partial charge >= 0.3 is 0 Å². The fraction of sp³-hybridized carbons (Fsp3) is 0.630. The summed E-state index contributed by atoms with van der Waals surface area (Å²) in [5, 5.41) is 2.92. The number of hydrogen-bond donors (Lipinski definition) is 1. The fourth-order valence-corrected chi connectivity index (χ4v) is 4.99. The van der Waals surface area contributed by atoms with Gasteiger partial charge in [0.25, 0.3) is 5.91 Å². The molecule has 0 aliphatic carbocycles. The van der Waals surface area contributed by atoms with E-state index in [1.807, 2.05) is 45.0 Å². The van der Waals surface area contributed by atoms with Crippen LogP contribution >= 0.6 is 0 Å². The number of Topliss-reactive ketones (excluding diaryl/α,β-unsaturated/α-hetero) is 1. The summed E-state index contributed by atoms with van der Waals surface area (Å²) in [6.45, 7) is 8.62. The maximum atomic E-state index is 13.6. The van der Waals surface area contributed by atoms with Crippen molar-refractivity contribution in [3.8, 4) is 0 Å². The van der Waals surface area contributed by atoms with Gasteiger partial charge in [0.15, 0.2) is 5.78 Å². The molecule has 0 aromatic heterocycles. The van der Waals surface area contributed by atoms with E-state index < -0.39 is 12.1 Å². The quantitative estimate of drug-likeness (QED) is 0.582. The highest BCUT2D eigenvalue weighted by Crippen LogP contribution is 2.31. The summed E-state index contributed by atoms with van der Waals surface area (Å²) in [6.07, 6.45) is 2.26. The smallest absolute Gasteiger partial charge is 0.251 e. The Hall–Kier alpha value is -2.90. The zero-order valence-electron chi connectivity index (χ0n) is 21.9. The number of ketones is 1. The summed E-state index contributed by atoms with van der Waals surface area (Å²) < 4.78 is 0. The minimum Gasteiger partial charge on any atom is -0.378 e. The Balaban J connectivity index is 1.72. The third-order valence-corrected chi connectivity index (χ3v) is 6.92. The molecule has 3 rings (SSSR count). The van der Waals surface area contributed by atoms with Crippen molar-refractivity contribution in [2.45, 2.75) is 71.5 Å². The number of nitrogens with zero attached hydrogens (tertiary/aromatic N) is 3. The molecule has 2 aliphatic rings. The molecular weight excluding hydrogens is 444 g/mol. The predicted octanol–water partition coefficient (Wildman–Crippen LogP) is 2.71. The third kappa shape index (κ3) is 6.21. The molecule has 2 fully saturated rings. The molecule has 3 amide bonds. The second kappa shape index (κ2) is 11.2. The zero-order valence-corrected chi connectivity index (χ0v) is 21.9. The summed E-state index contributed by atoms with van der Waals surface area (Å²) in [4.78, 5) is 57.5. The molecule has 0 radical (unpaired) electrons. The predicted molar refractivity (Wildman–Crippen MR) is 136 cm³/mol. The van der Waals surface area contributed by atoms with Crippen LogP contribution in [0, 0.1) is 11.8 Å². The van der Waals surface area contributed by atoms with E-state index in [2.05, 4.69) is 19.2 Å². The first-order valence-electron chi connectivity index (χ1n) is 12.7. The van der Waals surface area contributed by atoms with E-state index in [9.17, 15) is 19.2 Å². The minimum absolute atomic E-state index is 0.0120. The van der Waals surface area contributed by atoms with Crippen LogP contribution in [0.2, 0.25) is 0 Å². The van der Waals surface area contributed by atoms with Crippen molar-refractivity contribution < 1.29 is 19.2 Å². The summed E-state index contributed by atoms with van der Waals surface area (Å²) in [7, 11) is 3.86. The SMILES string of the molecule is CC(C)CCC(=O)N1CC(=O)[C@@H]2C1CCN2C(=O)C(CC(C)C)NC(=O)c1ccc(N(C)C)cc1. The molecule has 1 aromatic rings. The van der Waals surface area contributed by atoms with Gasteiger partial charge in [0.05, 0.1) is 12.6 Å². The molecule has 2 heterocycles. The summed E-state index contributed by atoms with van der Waals surface area (Å²) >= 11 is 0. The Labute approximate surface area is 209 Å². The number of carbonyl (C=O) groups is 4. The summed E-state index contributed by atoms with van der Waals surface area (Å²) in [5.74, 6) is -0.0707. The summed E-state index contributed by atoms with van der Waals surface area (Å²) in [6, 6.07) is 5.61. The lowest BCUT2D eigenvalue weighted by atomic mass is 10.0. The van der Waals surface area contributed by atoms with Gasteiger partial charge in [0, 0.05) is 38.3 Å². The number of hydrogen-bond acceptors (Lipinski definition) is 5. The third-order valence-electron chi connectivity index (χ3n) is 6.92. The molecule has 3 atom stereocenters. The second-order valence-electron chi connectivity index (χ2n) is 10.8. The Kier molecular flexibility index (Phi) is 8.56. The van der Waals surface area contributed by atoms with E-state index in [4.69, 9.17) is 0 Å². The molecule has 1 aromatic carbocycles. The zero-order chi connectivity index (χ0) is 25.9. The van der Waals surface area contributed by atoms with Gasteiger partial charge in [-0.15, -0.1) is 0 Å². The lowest BCUT2D eigenvalue weighted by molar-refractivity contribution is -0.138. The van der Waals surface area contributed by atoms with Gasteiger partial charge in [-0.2, -0.15) is 0 Å². The van der Waals surface area contributed by atoms with Crippen molar-refractivity contribution in [2.24, 2.45) is 11.8 Å². The van der Waals surface area contributed by atoms with Crippen LogP contribution < -0.4 is 10.2 Å². The van der Waals surface area contributed by atoms with Gasteiger partial charge in [-0.25, -0.2) is 0 Å². The van der Waals surface area contributed by atoms with Crippen molar-refractivity contribution in [2.75, 3.05) is 32.1 Å². The fourth-order valence-electron chi connectivity index (χ4n) is 4.99. The molecule has 0 spiro atoms. The highest BCUT2D eigenvalue weighted by Gasteiger charge is 2.52. The van der Waals surface area contributed by atoms with Gasteiger partial charge in [-0.05, 0) is 55.4 Å². The molecule has 35 heavy (non-hydrogen) atoms. The highest BCUT2D eigenvalue weighted by molar-refractivity contribution is 6.01. The largest absolute Gasteiger partial charge is 0.378 e. The maximum absolute atomic E-state index is 13.6. The molecule has 0 bridgehead atoms. The van der Waals surface area contributed by atoms with Crippen LogP contribution in [0.5, 0.6) is 0 Å². The number of nitrogens with one attached hydrogen (secondary N) is 1. The number of amides is 3. The lowest BCUT2D eigenvalue weighted by Gasteiger charge is -2.29. The topological polar surface area (TPSA) is 90.0 Å². The van der Waals surface area contributed by atoms with Crippen molar-refractivity contribution in [3.05, 3.63) is 29.8 Å². The van der Waals surface area contributed by atoms with Gasteiger partial charge in [0.2, 0.25) is 11.8 Å². The van der Waals surface area contributed by atoms with Crippen LogP contribution in [0.25, 0.3) is 0 Å². The van der Waals surface area contributed by atoms with E-state index in [1.54, 1.807) is 21.9 Å². The molecular formula is C27H40N4O4. The molecule has 2 saturated heterocycles. The van der Waals surface area contributed by atoms with Crippen LogP contribution in [-0.2, 0) is 14.4 Å². The van der Waals surface area contributed by atoms with Crippen molar-refractivity contribution in [1.29, 1.82) is 0 Å². The van der Waals surface area contributed by atoms with Gasteiger partial charge in [-0.3, -0.25) is 19.2 Å². The number of benzene rings is 1. The van der Waals surface area contributed by atoms with Crippen molar-refractivity contribution in [3.63, 3.8) is 0 Å².